The van der Waals surface area contributed by atoms with E-state index in [-0.39, 0.29) is 17.3 Å². The molecule has 4 aromatic rings. The summed E-state index contributed by atoms with van der Waals surface area (Å²) in [5, 5.41) is 13.9. The van der Waals surface area contributed by atoms with E-state index in [2.05, 4.69) is 20.5 Å². The Kier molecular flexibility index (Phi) is 6.74. The zero-order chi connectivity index (χ0) is 22.5. The van der Waals surface area contributed by atoms with Gasteiger partial charge < -0.3 is 14.8 Å². The van der Waals surface area contributed by atoms with Gasteiger partial charge in [-0.05, 0) is 36.4 Å². The van der Waals surface area contributed by atoms with E-state index >= 15 is 0 Å². The molecule has 162 valence electrons. The lowest BCUT2D eigenvalue weighted by atomic mass is 10.2. The van der Waals surface area contributed by atoms with Gasteiger partial charge in [-0.25, -0.2) is 9.78 Å². The molecule has 11 heteroatoms. The highest BCUT2D eigenvalue weighted by Crippen LogP contribution is 2.26. The minimum absolute atomic E-state index is 0.115. The van der Waals surface area contributed by atoms with Gasteiger partial charge in [-0.15, -0.1) is 21.5 Å². The summed E-state index contributed by atoms with van der Waals surface area (Å²) in [6.45, 7) is -0.115. The predicted molar refractivity (Wildman–Crippen MR) is 123 cm³/mol. The monoisotopic (exact) mass is 486 g/mol. The van der Waals surface area contributed by atoms with Gasteiger partial charge in [-0.1, -0.05) is 35.1 Å². The minimum atomic E-state index is -0.589. The second kappa shape index (κ2) is 9.86. The Hall–Kier alpha value is -3.34. The molecule has 0 aliphatic rings. The van der Waals surface area contributed by atoms with E-state index in [1.807, 2.05) is 12.1 Å². The third-order valence-corrected chi connectivity index (χ3v) is 6.14. The molecule has 4 rings (SSSR count). The standard InChI is InChI=1S/C21H15ClN4O4S2/c1-29-15-7-5-14(6-8-15)23-18(27)20-26-25-17(32-20)10-30-21(28)16-11-31-19(24-16)12-3-2-4-13(22)9-12/h2-9,11H,10H2,1H3,(H,23,27). The van der Waals surface area contributed by atoms with Crippen LogP contribution in [-0.2, 0) is 11.3 Å². The van der Waals surface area contributed by atoms with Crippen molar-refractivity contribution in [3.05, 3.63) is 74.6 Å². The van der Waals surface area contributed by atoms with Crippen molar-refractivity contribution in [1.29, 1.82) is 0 Å². The van der Waals surface area contributed by atoms with E-state index in [1.54, 1.807) is 48.9 Å². The van der Waals surface area contributed by atoms with Crippen LogP contribution in [0.3, 0.4) is 0 Å². The molecular weight excluding hydrogens is 472 g/mol. The fraction of sp³-hybridized carbons (Fsp3) is 0.0952. The van der Waals surface area contributed by atoms with Crippen LogP contribution in [0.15, 0.2) is 53.9 Å². The average Bonchev–Trinajstić information content (AvgIpc) is 3.48. The minimum Gasteiger partial charge on any atom is -0.497 e. The van der Waals surface area contributed by atoms with Crippen molar-refractivity contribution in [1.82, 2.24) is 15.2 Å². The zero-order valence-electron chi connectivity index (χ0n) is 16.6. The van der Waals surface area contributed by atoms with Gasteiger partial charge in [0.1, 0.15) is 17.4 Å². The first-order chi connectivity index (χ1) is 15.5. The molecule has 0 radical (unpaired) electrons. The molecule has 8 nitrogen and oxygen atoms in total. The molecule has 0 atom stereocenters. The lowest BCUT2D eigenvalue weighted by Gasteiger charge is -2.04. The Balaban J connectivity index is 1.33. The van der Waals surface area contributed by atoms with Crippen LogP contribution in [-0.4, -0.2) is 34.2 Å². The molecule has 32 heavy (non-hydrogen) atoms. The van der Waals surface area contributed by atoms with Crippen LogP contribution in [0, 0.1) is 0 Å². The van der Waals surface area contributed by atoms with E-state index < -0.39 is 11.9 Å². The number of nitrogens with one attached hydrogen (secondary N) is 1. The molecule has 2 aromatic heterocycles. The van der Waals surface area contributed by atoms with Crippen LogP contribution >= 0.6 is 34.3 Å². The highest BCUT2D eigenvalue weighted by atomic mass is 35.5. The maximum absolute atomic E-state index is 12.3. The number of hydrogen-bond acceptors (Lipinski definition) is 9. The lowest BCUT2D eigenvalue weighted by molar-refractivity contribution is 0.0465. The van der Waals surface area contributed by atoms with Crippen molar-refractivity contribution in [2.75, 3.05) is 12.4 Å². The van der Waals surface area contributed by atoms with Crippen molar-refractivity contribution in [3.63, 3.8) is 0 Å². The third-order valence-electron chi connectivity index (χ3n) is 4.12. The van der Waals surface area contributed by atoms with Gasteiger partial charge in [0.2, 0.25) is 5.01 Å². The molecule has 0 saturated carbocycles. The Morgan fingerprint density at radius 2 is 1.94 bits per heavy atom. The van der Waals surface area contributed by atoms with Gasteiger partial charge in [0.25, 0.3) is 5.91 Å². The van der Waals surface area contributed by atoms with E-state index in [4.69, 9.17) is 21.1 Å². The van der Waals surface area contributed by atoms with Gasteiger partial charge in [0.05, 0.1) is 7.11 Å². The van der Waals surface area contributed by atoms with Gasteiger partial charge in [-0.3, -0.25) is 4.79 Å². The molecule has 2 aromatic carbocycles. The van der Waals surface area contributed by atoms with Crippen molar-refractivity contribution in [2.45, 2.75) is 6.61 Å². The van der Waals surface area contributed by atoms with Gasteiger partial charge in [-0.2, -0.15) is 0 Å². The van der Waals surface area contributed by atoms with Crippen LogP contribution < -0.4 is 10.1 Å². The lowest BCUT2D eigenvalue weighted by Crippen LogP contribution is -2.11. The zero-order valence-corrected chi connectivity index (χ0v) is 19.0. The number of esters is 1. The molecule has 0 aliphatic carbocycles. The highest BCUT2D eigenvalue weighted by Gasteiger charge is 2.17. The first-order valence-corrected chi connectivity index (χ1v) is 11.3. The normalized spacial score (nSPS) is 10.6. The molecule has 2 heterocycles. The second-order valence-corrected chi connectivity index (χ2v) is 8.66. The van der Waals surface area contributed by atoms with Gasteiger partial charge >= 0.3 is 5.97 Å². The summed E-state index contributed by atoms with van der Waals surface area (Å²) in [5.41, 5.74) is 1.60. The van der Waals surface area contributed by atoms with Crippen LogP contribution in [0.5, 0.6) is 5.75 Å². The largest absolute Gasteiger partial charge is 0.497 e. The summed E-state index contributed by atoms with van der Waals surface area (Å²) in [4.78, 5) is 29.0. The number of hydrogen-bond donors (Lipinski definition) is 1. The Morgan fingerprint density at radius 3 is 2.69 bits per heavy atom. The number of carbonyl (C=O) groups is 2. The SMILES string of the molecule is COc1ccc(NC(=O)c2nnc(COC(=O)c3csc(-c4cccc(Cl)c4)n3)s2)cc1. The maximum Gasteiger partial charge on any atom is 0.358 e. The van der Waals surface area contributed by atoms with E-state index in [0.29, 0.717) is 26.5 Å². The molecule has 0 aliphatic heterocycles. The number of anilines is 1. The fourth-order valence-electron chi connectivity index (χ4n) is 2.59. The third kappa shape index (κ3) is 5.28. The summed E-state index contributed by atoms with van der Waals surface area (Å²) in [6, 6.07) is 14.1. The first-order valence-electron chi connectivity index (χ1n) is 9.18. The molecule has 1 N–H and O–H groups in total. The summed E-state index contributed by atoms with van der Waals surface area (Å²) in [6.07, 6.45) is 0. The molecule has 0 spiro atoms. The molecule has 0 fully saturated rings. The maximum atomic E-state index is 12.3. The smallest absolute Gasteiger partial charge is 0.358 e. The van der Waals surface area contributed by atoms with Crippen LogP contribution in [0.4, 0.5) is 5.69 Å². The Bertz CT molecular complexity index is 1260. The van der Waals surface area contributed by atoms with E-state index in [9.17, 15) is 9.59 Å². The quantitative estimate of drug-likeness (QED) is 0.369. The molecular formula is C21H15ClN4O4S2. The molecule has 1 amide bonds. The summed E-state index contributed by atoms with van der Waals surface area (Å²) < 4.78 is 10.4. The van der Waals surface area contributed by atoms with Crippen molar-refractivity contribution in [3.8, 4) is 16.3 Å². The van der Waals surface area contributed by atoms with Crippen LogP contribution in [0.25, 0.3) is 10.6 Å². The average molecular weight is 487 g/mol. The number of thiazole rings is 1. The number of benzene rings is 2. The Labute approximate surface area is 195 Å². The number of carbonyl (C=O) groups excluding carboxylic acids is 2. The summed E-state index contributed by atoms with van der Waals surface area (Å²) in [7, 11) is 1.57. The van der Waals surface area contributed by atoms with Crippen molar-refractivity contribution in [2.24, 2.45) is 0 Å². The number of methoxy groups -OCH3 is 1. The fourth-order valence-corrected chi connectivity index (χ4v) is 4.21. The van der Waals surface area contributed by atoms with E-state index in [1.165, 1.54) is 11.3 Å². The first kappa shape index (κ1) is 21.9. The number of amides is 1. The topological polar surface area (TPSA) is 103 Å². The van der Waals surface area contributed by atoms with Crippen LogP contribution in [0.1, 0.15) is 25.3 Å². The molecule has 0 unspecified atom stereocenters. The van der Waals surface area contributed by atoms with Crippen molar-refractivity contribution >= 4 is 51.8 Å². The number of aromatic nitrogens is 3. The van der Waals surface area contributed by atoms with Gasteiger partial charge in [0, 0.05) is 21.7 Å². The number of rotatable bonds is 7. The predicted octanol–water partition coefficient (Wildman–Crippen LogP) is 4.93. The van der Waals surface area contributed by atoms with Crippen molar-refractivity contribution < 1.29 is 19.1 Å². The molecule has 0 bridgehead atoms. The van der Waals surface area contributed by atoms with Gasteiger partial charge in [0.15, 0.2) is 10.7 Å². The summed E-state index contributed by atoms with van der Waals surface area (Å²) >= 11 is 8.36. The number of ether oxygens (including phenoxy) is 2. The second-order valence-electron chi connectivity index (χ2n) is 6.31. The van der Waals surface area contributed by atoms with Crippen LogP contribution in [0.2, 0.25) is 5.02 Å². The summed E-state index contributed by atoms with van der Waals surface area (Å²) in [5.74, 6) is -0.312. The molecule has 0 saturated heterocycles. The number of halogens is 1. The Morgan fingerprint density at radius 1 is 1.12 bits per heavy atom. The van der Waals surface area contributed by atoms with E-state index in [0.717, 1.165) is 16.9 Å². The number of nitrogens with zero attached hydrogens (tertiary/aromatic N) is 3. The highest BCUT2D eigenvalue weighted by molar-refractivity contribution is 7.13.